The van der Waals surface area contributed by atoms with Gasteiger partial charge in [0.25, 0.3) is 5.91 Å². The van der Waals surface area contributed by atoms with Crippen LogP contribution < -0.4 is 10.6 Å². The molecule has 0 radical (unpaired) electrons. The van der Waals surface area contributed by atoms with E-state index < -0.39 is 35.4 Å². The number of carbonyl (C=O) groups excluding carboxylic acids is 2. The molecule has 0 spiro atoms. The molecule has 0 fully saturated rings. The normalized spacial score (nSPS) is 12.1. The molecule has 4 rings (SSSR count). The van der Waals surface area contributed by atoms with Crippen molar-refractivity contribution in [3.05, 3.63) is 119 Å². The molecule has 206 valence electrons. The fourth-order valence-electron chi connectivity index (χ4n) is 4.54. The lowest BCUT2D eigenvalue weighted by molar-refractivity contribution is -0.125. The number of alkyl carbamates (subject to hydrolysis) is 1. The first-order valence-corrected chi connectivity index (χ1v) is 13.1. The molecule has 0 aliphatic rings. The molecule has 1 aromatic heterocycles. The highest BCUT2D eigenvalue weighted by Gasteiger charge is 2.35. The molecule has 0 bridgehead atoms. The number of pyridine rings is 1. The quantitative estimate of drug-likeness (QED) is 0.261. The second kappa shape index (κ2) is 12.1. The van der Waals surface area contributed by atoms with Crippen LogP contribution in [0.1, 0.15) is 49.1 Å². The van der Waals surface area contributed by atoms with Gasteiger partial charge in [-0.1, -0.05) is 60.7 Å². The Morgan fingerprint density at radius 1 is 0.850 bits per heavy atom. The maximum atomic E-state index is 15.3. The van der Waals surface area contributed by atoms with E-state index in [9.17, 15) is 9.59 Å². The van der Waals surface area contributed by atoms with Gasteiger partial charge in [-0.05, 0) is 81.1 Å². The van der Waals surface area contributed by atoms with Gasteiger partial charge in [0.1, 0.15) is 5.82 Å². The monoisotopic (exact) mass is 539 g/mol. The summed E-state index contributed by atoms with van der Waals surface area (Å²) >= 11 is 0. The number of aromatic nitrogens is 1. The molecule has 0 saturated heterocycles. The summed E-state index contributed by atoms with van der Waals surface area (Å²) in [6.45, 7) is 9.24. The minimum atomic E-state index is -1.25. The number of hydrogen-bond donors (Lipinski definition) is 2. The Hall–Kier alpha value is -4.52. The molecule has 3 aromatic carbocycles. The molecule has 1 atom stereocenters. The fourth-order valence-corrected chi connectivity index (χ4v) is 4.54. The zero-order valence-electron chi connectivity index (χ0n) is 23.4. The summed E-state index contributed by atoms with van der Waals surface area (Å²) in [5.41, 5.74) is 4.10. The van der Waals surface area contributed by atoms with Crippen molar-refractivity contribution < 1.29 is 18.7 Å². The number of hydrogen-bond acceptors (Lipinski definition) is 4. The molecule has 40 heavy (non-hydrogen) atoms. The Bertz CT molecular complexity index is 1440. The lowest BCUT2D eigenvalue weighted by Gasteiger charge is -2.29. The Labute approximate surface area is 234 Å². The summed E-state index contributed by atoms with van der Waals surface area (Å²) in [6.07, 6.45) is -0.334. The Balaban J connectivity index is 1.70. The molecule has 0 unspecified atom stereocenters. The van der Waals surface area contributed by atoms with E-state index in [1.54, 1.807) is 24.4 Å². The number of rotatable bonds is 7. The van der Waals surface area contributed by atoms with Gasteiger partial charge in [-0.2, -0.15) is 0 Å². The van der Waals surface area contributed by atoms with Crippen molar-refractivity contribution in [3.8, 4) is 11.1 Å². The van der Waals surface area contributed by atoms with Crippen molar-refractivity contribution in [2.45, 2.75) is 52.2 Å². The second-order valence-electron chi connectivity index (χ2n) is 10.8. The summed E-state index contributed by atoms with van der Waals surface area (Å²) in [5.74, 6) is -1.68. The van der Waals surface area contributed by atoms with Crippen molar-refractivity contribution in [2.24, 2.45) is 0 Å². The third kappa shape index (κ3) is 6.91. The molecule has 4 aromatic rings. The van der Waals surface area contributed by atoms with E-state index in [0.717, 1.165) is 27.9 Å². The van der Waals surface area contributed by atoms with E-state index >= 15 is 4.39 Å². The van der Waals surface area contributed by atoms with Gasteiger partial charge in [0.2, 0.25) is 0 Å². The van der Waals surface area contributed by atoms with Crippen LogP contribution >= 0.6 is 0 Å². The average molecular weight is 540 g/mol. The number of nitrogens with one attached hydrogen (secondary N) is 2. The molecule has 2 amide bonds. The Kier molecular flexibility index (Phi) is 8.63. The molecule has 2 N–H and O–H groups in total. The van der Waals surface area contributed by atoms with Crippen LogP contribution in [0, 0.1) is 19.7 Å². The number of carbonyl (C=O) groups is 2. The van der Waals surface area contributed by atoms with Crippen LogP contribution in [0.3, 0.4) is 0 Å². The van der Waals surface area contributed by atoms with Crippen molar-refractivity contribution in [1.82, 2.24) is 10.3 Å². The van der Waals surface area contributed by atoms with E-state index in [1.807, 2.05) is 95.3 Å². The third-order valence-electron chi connectivity index (χ3n) is 6.57. The average Bonchev–Trinajstić information content (AvgIpc) is 2.90. The maximum absolute atomic E-state index is 15.3. The molecular weight excluding hydrogens is 505 g/mol. The summed E-state index contributed by atoms with van der Waals surface area (Å²) in [7, 11) is 0. The van der Waals surface area contributed by atoms with Gasteiger partial charge in [-0.25, -0.2) is 9.18 Å². The zero-order chi connectivity index (χ0) is 28.9. The van der Waals surface area contributed by atoms with E-state index in [4.69, 9.17) is 4.74 Å². The highest BCUT2D eigenvalue weighted by atomic mass is 19.1. The minimum absolute atomic E-state index is 0.249. The predicted molar refractivity (Wildman–Crippen MR) is 156 cm³/mol. The van der Waals surface area contributed by atoms with Gasteiger partial charge < -0.3 is 15.4 Å². The highest BCUT2D eigenvalue weighted by molar-refractivity contribution is 5.96. The van der Waals surface area contributed by atoms with E-state index in [2.05, 4.69) is 15.6 Å². The summed E-state index contributed by atoms with van der Waals surface area (Å²) in [5, 5.41) is 5.54. The van der Waals surface area contributed by atoms with Crippen LogP contribution in [-0.2, 0) is 9.53 Å². The summed E-state index contributed by atoms with van der Waals surface area (Å²) in [4.78, 5) is 31.0. The van der Waals surface area contributed by atoms with Crippen molar-refractivity contribution in [3.63, 3.8) is 0 Å². The van der Waals surface area contributed by atoms with Crippen molar-refractivity contribution >= 4 is 17.7 Å². The number of nitrogens with zero attached hydrogens (tertiary/aromatic N) is 1. The van der Waals surface area contributed by atoms with Crippen LogP contribution in [0.5, 0.6) is 0 Å². The van der Waals surface area contributed by atoms with Gasteiger partial charge in [-0.15, -0.1) is 0 Å². The predicted octanol–water partition coefficient (Wildman–Crippen LogP) is 7.17. The summed E-state index contributed by atoms with van der Waals surface area (Å²) in [6, 6.07) is 25.1. The first-order chi connectivity index (χ1) is 19.0. The molecule has 0 aliphatic heterocycles. The number of anilines is 1. The van der Waals surface area contributed by atoms with Crippen molar-refractivity contribution in [1.29, 1.82) is 0 Å². The first-order valence-electron chi connectivity index (χ1n) is 13.1. The SMILES string of the molecule is Cc1nccc(-c2ccc(NC(=O)[C@@H](OC(=O)NC(C)(C)C)C(c3ccccc3)c3ccccc3)cc2F)c1C. The Morgan fingerprint density at radius 2 is 1.45 bits per heavy atom. The lowest BCUT2D eigenvalue weighted by Crippen LogP contribution is -2.46. The fraction of sp³-hybridized carbons (Fsp3) is 0.242. The minimum Gasteiger partial charge on any atom is -0.435 e. The highest BCUT2D eigenvalue weighted by Crippen LogP contribution is 2.32. The Morgan fingerprint density at radius 3 is 2.00 bits per heavy atom. The van der Waals surface area contributed by atoms with Crippen molar-refractivity contribution in [2.75, 3.05) is 5.32 Å². The van der Waals surface area contributed by atoms with Crippen LogP contribution in [0.15, 0.2) is 91.1 Å². The van der Waals surface area contributed by atoms with E-state index in [-0.39, 0.29) is 5.69 Å². The third-order valence-corrected chi connectivity index (χ3v) is 6.57. The molecule has 7 heteroatoms. The summed E-state index contributed by atoms with van der Waals surface area (Å²) < 4.78 is 21.1. The van der Waals surface area contributed by atoms with Gasteiger partial charge in [0.05, 0.1) is 5.92 Å². The number of aryl methyl sites for hydroxylation is 1. The zero-order valence-corrected chi connectivity index (χ0v) is 23.4. The number of ether oxygens (including phenoxy) is 1. The van der Waals surface area contributed by atoms with Gasteiger partial charge in [0, 0.05) is 28.7 Å². The van der Waals surface area contributed by atoms with Crippen LogP contribution in [0.2, 0.25) is 0 Å². The molecule has 0 saturated carbocycles. The van der Waals surface area contributed by atoms with Gasteiger partial charge >= 0.3 is 6.09 Å². The van der Waals surface area contributed by atoms with E-state index in [1.165, 1.54) is 6.07 Å². The van der Waals surface area contributed by atoms with Crippen LogP contribution in [-0.4, -0.2) is 28.6 Å². The standard InChI is InChI=1S/C33H34FN3O3/c1-21-22(2)35-19-18-26(21)27-17-16-25(20-28(27)34)36-31(38)30(40-32(39)37-33(3,4)5)29(23-12-8-6-9-13-23)24-14-10-7-11-15-24/h6-20,29-30H,1-5H3,(H,36,38)(H,37,39)/t30-/m0/s1. The largest absolute Gasteiger partial charge is 0.435 e. The molecular formula is C33H34FN3O3. The maximum Gasteiger partial charge on any atom is 0.408 e. The molecule has 1 heterocycles. The first kappa shape index (κ1) is 28.5. The smallest absolute Gasteiger partial charge is 0.408 e. The molecule has 6 nitrogen and oxygen atoms in total. The topological polar surface area (TPSA) is 80.3 Å². The van der Waals surface area contributed by atoms with Gasteiger partial charge in [-0.3, -0.25) is 9.78 Å². The number of halogens is 1. The van der Waals surface area contributed by atoms with Gasteiger partial charge in [0.15, 0.2) is 6.10 Å². The molecule has 0 aliphatic carbocycles. The van der Waals surface area contributed by atoms with Crippen LogP contribution in [0.4, 0.5) is 14.9 Å². The second-order valence-corrected chi connectivity index (χ2v) is 10.8. The number of amides is 2. The van der Waals surface area contributed by atoms with E-state index in [0.29, 0.717) is 5.56 Å². The van der Waals surface area contributed by atoms with Crippen LogP contribution in [0.25, 0.3) is 11.1 Å². The lowest BCUT2D eigenvalue weighted by atomic mass is 9.86. The number of benzene rings is 3.